The van der Waals surface area contributed by atoms with Crippen LogP contribution in [0.1, 0.15) is 36.9 Å². The monoisotopic (exact) mass is 492 g/mol. The summed E-state index contributed by atoms with van der Waals surface area (Å²) in [7, 11) is 1.60. The Labute approximate surface area is 201 Å². The Hall–Kier alpha value is -3.31. The van der Waals surface area contributed by atoms with E-state index in [1.807, 2.05) is 36.1 Å². The second kappa shape index (κ2) is 10.1. The van der Waals surface area contributed by atoms with Crippen molar-refractivity contribution in [1.82, 2.24) is 15.7 Å². The average molecular weight is 492 g/mol. The first-order chi connectivity index (χ1) is 16.6. The van der Waals surface area contributed by atoms with Crippen molar-refractivity contribution in [2.24, 2.45) is 4.99 Å². The van der Waals surface area contributed by atoms with Crippen molar-refractivity contribution in [3.05, 3.63) is 59.7 Å². The number of likely N-dealkylation sites (tertiary alicyclic amines) is 1. The minimum absolute atomic E-state index is 0.0768. The Morgan fingerprint density at radius 3 is 2.57 bits per heavy atom. The molecule has 2 aliphatic heterocycles. The van der Waals surface area contributed by atoms with Gasteiger partial charge in [-0.1, -0.05) is 12.1 Å². The first-order valence-electron chi connectivity index (χ1n) is 11.2. The number of alkyl halides is 3. The van der Waals surface area contributed by atoms with E-state index in [2.05, 4.69) is 20.5 Å². The molecule has 1 unspecified atom stereocenters. The van der Waals surface area contributed by atoms with E-state index in [4.69, 9.17) is 9.57 Å². The summed E-state index contributed by atoms with van der Waals surface area (Å²) in [6.45, 7) is 3.40. The minimum Gasteiger partial charge on any atom is -0.497 e. The van der Waals surface area contributed by atoms with Gasteiger partial charge in [0.2, 0.25) is 5.91 Å². The van der Waals surface area contributed by atoms with Crippen molar-refractivity contribution in [1.29, 1.82) is 0 Å². The molecule has 0 radical (unpaired) electrons. The van der Waals surface area contributed by atoms with Gasteiger partial charge in [-0.25, -0.2) is 15.3 Å². The molecule has 1 spiro atoms. The number of halogens is 3. The molecular formula is C24H27F3N4O4. The predicted octanol–water partition coefficient (Wildman–Crippen LogP) is 3.54. The van der Waals surface area contributed by atoms with Gasteiger partial charge in [0.15, 0.2) is 11.6 Å². The van der Waals surface area contributed by atoms with Crippen LogP contribution in [-0.4, -0.2) is 55.5 Å². The SMILES string of the molecule is COc1cccc(C(C)NC(=O)CN2CCC3(CC2)N=C(c2ccc(OC(F)(F)F)cc2)NO3)c1. The first kappa shape index (κ1) is 24.8. The maximum atomic E-state index is 12.6. The number of methoxy groups -OCH3 is 1. The van der Waals surface area contributed by atoms with Crippen LogP contribution in [0.3, 0.4) is 0 Å². The van der Waals surface area contributed by atoms with Crippen LogP contribution in [0.2, 0.25) is 0 Å². The second-order valence-electron chi connectivity index (χ2n) is 8.52. The van der Waals surface area contributed by atoms with Crippen LogP contribution in [0, 0.1) is 0 Å². The third-order valence-corrected chi connectivity index (χ3v) is 5.99. The molecule has 0 aliphatic carbocycles. The number of piperidine rings is 1. The number of hydrogen-bond donors (Lipinski definition) is 2. The molecule has 0 bridgehead atoms. The molecule has 1 amide bonds. The second-order valence-corrected chi connectivity index (χ2v) is 8.52. The Kier molecular flexibility index (Phi) is 7.18. The highest BCUT2D eigenvalue weighted by atomic mass is 19.4. The number of carbonyl (C=O) groups is 1. The molecule has 0 saturated carbocycles. The van der Waals surface area contributed by atoms with Gasteiger partial charge < -0.3 is 14.8 Å². The van der Waals surface area contributed by atoms with E-state index in [0.29, 0.717) is 37.3 Å². The Morgan fingerprint density at radius 2 is 1.91 bits per heavy atom. The third-order valence-electron chi connectivity index (χ3n) is 5.99. The van der Waals surface area contributed by atoms with Crippen LogP contribution in [-0.2, 0) is 9.63 Å². The van der Waals surface area contributed by atoms with Crippen LogP contribution in [0.15, 0.2) is 53.5 Å². The van der Waals surface area contributed by atoms with Crippen molar-refractivity contribution in [3.8, 4) is 11.5 Å². The number of nitrogens with one attached hydrogen (secondary N) is 2. The van der Waals surface area contributed by atoms with E-state index in [1.54, 1.807) is 7.11 Å². The van der Waals surface area contributed by atoms with Crippen molar-refractivity contribution >= 4 is 11.7 Å². The summed E-state index contributed by atoms with van der Waals surface area (Å²) in [5.41, 5.74) is 3.57. The number of hydroxylamine groups is 1. The molecule has 1 atom stereocenters. The molecule has 2 aromatic rings. The van der Waals surface area contributed by atoms with Gasteiger partial charge in [-0.15, -0.1) is 13.2 Å². The normalized spacial score (nSPS) is 18.5. The number of aliphatic imine (C=N–C) groups is 1. The smallest absolute Gasteiger partial charge is 0.497 e. The first-order valence-corrected chi connectivity index (χ1v) is 11.2. The van der Waals surface area contributed by atoms with Crippen LogP contribution in [0.4, 0.5) is 13.2 Å². The van der Waals surface area contributed by atoms with Gasteiger partial charge >= 0.3 is 6.36 Å². The van der Waals surface area contributed by atoms with Gasteiger partial charge in [0.1, 0.15) is 11.5 Å². The molecule has 2 N–H and O–H groups in total. The molecule has 0 aromatic heterocycles. The maximum absolute atomic E-state index is 12.6. The van der Waals surface area contributed by atoms with Gasteiger partial charge in [-0.05, 0) is 48.9 Å². The number of carbonyl (C=O) groups excluding carboxylic acids is 1. The number of benzene rings is 2. The Balaban J connectivity index is 1.28. The molecule has 2 aliphatic rings. The van der Waals surface area contributed by atoms with Gasteiger partial charge in [0.25, 0.3) is 0 Å². The molecule has 188 valence electrons. The highest BCUT2D eigenvalue weighted by molar-refractivity contribution is 5.99. The lowest BCUT2D eigenvalue weighted by molar-refractivity contribution is -0.274. The van der Waals surface area contributed by atoms with Crippen LogP contribution < -0.4 is 20.3 Å². The van der Waals surface area contributed by atoms with E-state index in [-0.39, 0.29) is 24.2 Å². The van der Waals surface area contributed by atoms with E-state index < -0.39 is 12.1 Å². The minimum atomic E-state index is -4.74. The third kappa shape index (κ3) is 6.43. The summed E-state index contributed by atoms with van der Waals surface area (Å²) in [4.78, 5) is 25.0. The number of hydrogen-bond acceptors (Lipinski definition) is 7. The molecule has 2 heterocycles. The topological polar surface area (TPSA) is 84.4 Å². The predicted molar refractivity (Wildman–Crippen MR) is 122 cm³/mol. The van der Waals surface area contributed by atoms with E-state index in [1.165, 1.54) is 24.3 Å². The van der Waals surface area contributed by atoms with E-state index >= 15 is 0 Å². The molecule has 1 saturated heterocycles. The Bertz CT molecular complexity index is 1070. The number of amidine groups is 1. The highest BCUT2D eigenvalue weighted by Crippen LogP contribution is 2.31. The fraction of sp³-hybridized carbons (Fsp3) is 0.417. The van der Waals surface area contributed by atoms with Gasteiger partial charge in [0, 0.05) is 31.5 Å². The summed E-state index contributed by atoms with van der Waals surface area (Å²) in [6, 6.07) is 12.8. The van der Waals surface area contributed by atoms with Gasteiger partial charge in [-0.3, -0.25) is 9.69 Å². The zero-order valence-electron chi connectivity index (χ0n) is 19.4. The quantitative estimate of drug-likeness (QED) is 0.615. The fourth-order valence-corrected chi connectivity index (χ4v) is 4.09. The van der Waals surface area contributed by atoms with Gasteiger partial charge in [0.05, 0.1) is 19.7 Å². The maximum Gasteiger partial charge on any atom is 0.573 e. The lowest BCUT2D eigenvalue weighted by atomic mass is 10.0. The van der Waals surface area contributed by atoms with Crippen LogP contribution in [0.25, 0.3) is 0 Å². The summed E-state index contributed by atoms with van der Waals surface area (Å²) in [5, 5.41) is 3.02. The van der Waals surface area contributed by atoms with Crippen molar-refractivity contribution < 1.29 is 32.3 Å². The van der Waals surface area contributed by atoms with E-state index in [9.17, 15) is 18.0 Å². The summed E-state index contributed by atoms with van der Waals surface area (Å²) in [5.74, 6) is 0.803. The molecule has 35 heavy (non-hydrogen) atoms. The van der Waals surface area contributed by atoms with Crippen LogP contribution >= 0.6 is 0 Å². The average Bonchev–Trinajstić information content (AvgIpc) is 3.24. The van der Waals surface area contributed by atoms with E-state index in [0.717, 1.165) is 11.3 Å². The zero-order valence-corrected chi connectivity index (χ0v) is 19.4. The molecule has 4 rings (SSSR count). The van der Waals surface area contributed by atoms with Gasteiger partial charge in [-0.2, -0.15) is 0 Å². The fourth-order valence-electron chi connectivity index (χ4n) is 4.09. The largest absolute Gasteiger partial charge is 0.573 e. The molecule has 8 nitrogen and oxygen atoms in total. The molecule has 2 aromatic carbocycles. The van der Waals surface area contributed by atoms with Crippen molar-refractivity contribution in [2.45, 2.75) is 37.9 Å². The molecule has 11 heteroatoms. The molecular weight excluding hydrogens is 465 g/mol. The number of ether oxygens (including phenoxy) is 2. The number of rotatable bonds is 7. The van der Waals surface area contributed by atoms with Crippen molar-refractivity contribution in [3.63, 3.8) is 0 Å². The standard InChI is InChI=1S/C24H27F3N4O4/c1-16(18-4-3-5-20(14-18)33-2)28-21(32)15-31-12-10-23(11-13-31)29-22(30-35-23)17-6-8-19(9-7-17)34-24(25,26)27/h3-9,14,16H,10-13,15H2,1-2H3,(H,28,32)(H,29,30). The lowest BCUT2D eigenvalue weighted by Gasteiger charge is -2.35. The number of amides is 1. The highest BCUT2D eigenvalue weighted by Gasteiger charge is 2.40. The summed E-state index contributed by atoms with van der Waals surface area (Å²) < 4.78 is 46.2. The van der Waals surface area contributed by atoms with Crippen molar-refractivity contribution in [2.75, 3.05) is 26.7 Å². The Morgan fingerprint density at radius 1 is 1.20 bits per heavy atom. The zero-order chi connectivity index (χ0) is 25.1. The summed E-state index contributed by atoms with van der Waals surface area (Å²) >= 11 is 0. The summed E-state index contributed by atoms with van der Waals surface area (Å²) in [6.07, 6.45) is -3.61. The molecule has 1 fully saturated rings. The lowest BCUT2D eigenvalue weighted by Crippen LogP contribution is -2.47. The van der Waals surface area contributed by atoms with Crippen LogP contribution in [0.5, 0.6) is 11.5 Å². The number of nitrogens with zero attached hydrogens (tertiary/aromatic N) is 2.